The van der Waals surface area contributed by atoms with E-state index in [1.54, 1.807) is 4.90 Å². The highest BCUT2D eigenvalue weighted by atomic mass is 16.4. The largest absolute Gasteiger partial charge is 0.481 e. The monoisotopic (exact) mass is 419 g/mol. The Hall–Kier alpha value is -2.95. The molecule has 11 nitrogen and oxygen atoms in total. The van der Waals surface area contributed by atoms with Gasteiger partial charge >= 0.3 is 11.7 Å². The van der Waals surface area contributed by atoms with E-state index in [-0.39, 0.29) is 42.4 Å². The van der Waals surface area contributed by atoms with Crippen molar-refractivity contribution in [3.63, 3.8) is 0 Å². The molecule has 1 saturated carbocycles. The van der Waals surface area contributed by atoms with Gasteiger partial charge in [-0.2, -0.15) is 0 Å². The fraction of sp³-hybridized carbons (Fsp3) is 0.632. The molecular formula is C19H25N5O6. The van der Waals surface area contributed by atoms with Crippen LogP contribution in [0.1, 0.15) is 25.7 Å². The molecule has 1 aliphatic heterocycles. The number of carboxylic acid groups (broad SMARTS) is 1. The topological polar surface area (TPSA) is 140 Å². The lowest BCUT2D eigenvalue weighted by Gasteiger charge is -2.49. The van der Waals surface area contributed by atoms with Crippen molar-refractivity contribution in [1.82, 2.24) is 23.6 Å². The van der Waals surface area contributed by atoms with Gasteiger partial charge in [-0.25, -0.2) is 9.78 Å². The number of amides is 1. The molecule has 0 unspecified atom stereocenters. The van der Waals surface area contributed by atoms with Crippen LogP contribution in [0.5, 0.6) is 0 Å². The summed E-state index contributed by atoms with van der Waals surface area (Å²) in [6, 6.07) is 0. The van der Waals surface area contributed by atoms with E-state index >= 15 is 0 Å². The maximum absolute atomic E-state index is 12.8. The number of aryl methyl sites for hydroxylation is 1. The van der Waals surface area contributed by atoms with Crippen LogP contribution in [0.4, 0.5) is 0 Å². The van der Waals surface area contributed by atoms with Gasteiger partial charge in [0.05, 0.1) is 17.8 Å². The molecule has 1 saturated heterocycles. The van der Waals surface area contributed by atoms with Crippen LogP contribution >= 0.6 is 0 Å². The third-order valence-electron chi connectivity index (χ3n) is 6.68. The van der Waals surface area contributed by atoms with Gasteiger partial charge < -0.3 is 19.7 Å². The van der Waals surface area contributed by atoms with E-state index in [2.05, 4.69) is 4.98 Å². The summed E-state index contributed by atoms with van der Waals surface area (Å²) >= 11 is 0. The zero-order chi connectivity index (χ0) is 21.8. The molecule has 11 heteroatoms. The van der Waals surface area contributed by atoms with E-state index < -0.39 is 28.7 Å². The molecule has 2 N–H and O–H groups in total. The second kappa shape index (κ2) is 7.08. The molecule has 3 heterocycles. The van der Waals surface area contributed by atoms with Crippen LogP contribution in [-0.4, -0.2) is 64.4 Å². The molecule has 30 heavy (non-hydrogen) atoms. The predicted molar refractivity (Wildman–Crippen MR) is 105 cm³/mol. The molecule has 2 aromatic rings. The summed E-state index contributed by atoms with van der Waals surface area (Å²) in [5, 5.41) is 19.7. The standard InChI is InChI=1S/C19H25N5O6/c1-21-15-14(16(26)22(2)18(21)29)24(10-20-15)9-13(25)23-5-3-12(4-6-23)19(30)7-11(8-19)17(27)28/h10-12,30H,3-9H2,1-2H3,(H,27,28). The quantitative estimate of drug-likeness (QED) is 0.641. The number of fused-ring (bicyclic) bond motifs is 1. The Morgan fingerprint density at radius 3 is 2.40 bits per heavy atom. The first kappa shape index (κ1) is 20.3. The zero-order valence-corrected chi connectivity index (χ0v) is 16.9. The highest BCUT2D eigenvalue weighted by Gasteiger charge is 2.51. The summed E-state index contributed by atoms with van der Waals surface area (Å²) < 4.78 is 3.72. The number of likely N-dealkylation sites (tertiary alicyclic amines) is 1. The van der Waals surface area contributed by atoms with Crippen LogP contribution in [0, 0.1) is 11.8 Å². The summed E-state index contributed by atoms with van der Waals surface area (Å²) in [5.41, 5.74) is -1.50. The number of hydrogen-bond donors (Lipinski definition) is 2. The first-order valence-corrected chi connectivity index (χ1v) is 9.96. The first-order chi connectivity index (χ1) is 14.1. The number of carboxylic acids is 1. The number of imidazole rings is 1. The Morgan fingerprint density at radius 2 is 1.80 bits per heavy atom. The van der Waals surface area contributed by atoms with E-state index in [0.717, 1.165) is 4.57 Å². The van der Waals surface area contributed by atoms with Gasteiger partial charge in [-0.15, -0.1) is 0 Å². The highest BCUT2D eigenvalue weighted by Crippen LogP contribution is 2.46. The Kier molecular flexibility index (Phi) is 4.80. The van der Waals surface area contributed by atoms with Crippen LogP contribution in [-0.2, 0) is 30.2 Å². The van der Waals surface area contributed by atoms with E-state index in [9.17, 15) is 24.3 Å². The van der Waals surface area contributed by atoms with Crippen LogP contribution in [0.2, 0.25) is 0 Å². The van der Waals surface area contributed by atoms with Crippen molar-refractivity contribution in [1.29, 1.82) is 0 Å². The number of piperidine rings is 1. The average molecular weight is 419 g/mol. The molecule has 1 aliphatic carbocycles. The summed E-state index contributed by atoms with van der Waals surface area (Å²) in [6.07, 6.45) is 3.14. The van der Waals surface area contributed by atoms with Gasteiger partial charge in [-0.3, -0.25) is 23.5 Å². The zero-order valence-electron chi connectivity index (χ0n) is 16.9. The molecular weight excluding hydrogens is 394 g/mol. The summed E-state index contributed by atoms with van der Waals surface area (Å²) in [4.78, 5) is 54.1. The molecule has 4 rings (SSSR count). The third-order valence-corrected chi connectivity index (χ3v) is 6.68. The Labute approximate surface area is 171 Å². The van der Waals surface area contributed by atoms with Gasteiger partial charge in [0, 0.05) is 27.2 Å². The lowest BCUT2D eigenvalue weighted by Crippen LogP contribution is -2.55. The normalized spacial score (nSPS) is 24.8. The minimum absolute atomic E-state index is 0.0203. The first-order valence-electron chi connectivity index (χ1n) is 9.96. The SMILES string of the molecule is Cn1c(=O)c2c(ncn2CC(=O)N2CCC(C3(O)CC(C(=O)O)C3)CC2)n(C)c1=O. The maximum atomic E-state index is 12.8. The van der Waals surface area contributed by atoms with Gasteiger partial charge in [0.25, 0.3) is 5.56 Å². The number of hydrogen-bond acceptors (Lipinski definition) is 6. The molecule has 0 bridgehead atoms. The van der Waals surface area contributed by atoms with Crippen molar-refractivity contribution in [3.8, 4) is 0 Å². The smallest absolute Gasteiger partial charge is 0.332 e. The molecule has 0 atom stereocenters. The lowest BCUT2D eigenvalue weighted by molar-refractivity contribution is -0.170. The van der Waals surface area contributed by atoms with Crippen LogP contribution in [0.15, 0.2) is 15.9 Å². The molecule has 0 radical (unpaired) electrons. The summed E-state index contributed by atoms with van der Waals surface area (Å²) in [5.74, 6) is -1.55. The number of aliphatic carboxylic acids is 1. The van der Waals surface area contributed by atoms with Crippen LogP contribution in [0.25, 0.3) is 11.2 Å². The van der Waals surface area contributed by atoms with Crippen LogP contribution in [0.3, 0.4) is 0 Å². The van der Waals surface area contributed by atoms with Crippen molar-refractivity contribution in [3.05, 3.63) is 27.2 Å². The van der Waals surface area contributed by atoms with Crippen molar-refractivity contribution in [2.45, 2.75) is 37.8 Å². The van der Waals surface area contributed by atoms with Crippen molar-refractivity contribution >= 4 is 23.0 Å². The molecule has 2 fully saturated rings. The molecule has 1 amide bonds. The minimum atomic E-state index is -0.949. The fourth-order valence-corrected chi connectivity index (χ4v) is 4.73. The molecule has 0 aromatic carbocycles. The number of nitrogens with zero attached hydrogens (tertiary/aromatic N) is 5. The van der Waals surface area contributed by atoms with Crippen molar-refractivity contribution < 1.29 is 19.8 Å². The van der Waals surface area contributed by atoms with Gasteiger partial charge in [0.15, 0.2) is 11.2 Å². The number of carbonyl (C=O) groups excluding carboxylic acids is 1. The van der Waals surface area contributed by atoms with Crippen molar-refractivity contribution in [2.75, 3.05) is 13.1 Å². The van der Waals surface area contributed by atoms with Gasteiger partial charge in [-0.05, 0) is 31.6 Å². The molecule has 162 valence electrons. The third kappa shape index (κ3) is 3.13. The predicted octanol–water partition coefficient (Wildman–Crippen LogP) is -1.10. The van der Waals surface area contributed by atoms with E-state index in [1.165, 1.54) is 29.6 Å². The minimum Gasteiger partial charge on any atom is -0.481 e. The van der Waals surface area contributed by atoms with E-state index in [4.69, 9.17) is 5.11 Å². The Morgan fingerprint density at radius 1 is 1.17 bits per heavy atom. The summed E-state index contributed by atoms with van der Waals surface area (Å²) in [7, 11) is 2.91. The van der Waals surface area contributed by atoms with Crippen LogP contribution < -0.4 is 11.2 Å². The Balaban J connectivity index is 1.43. The molecule has 0 spiro atoms. The van der Waals surface area contributed by atoms with Gasteiger partial charge in [0.2, 0.25) is 5.91 Å². The van der Waals surface area contributed by atoms with Gasteiger partial charge in [-0.1, -0.05) is 0 Å². The summed E-state index contributed by atoms with van der Waals surface area (Å²) in [6.45, 7) is 0.860. The number of aromatic nitrogens is 4. The molecule has 2 aromatic heterocycles. The maximum Gasteiger partial charge on any atom is 0.332 e. The Bertz CT molecular complexity index is 1130. The highest BCUT2D eigenvalue weighted by molar-refractivity contribution is 5.79. The van der Waals surface area contributed by atoms with Crippen molar-refractivity contribution in [2.24, 2.45) is 25.9 Å². The molecule has 2 aliphatic rings. The number of aliphatic hydroxyl groups is 1. The average Bonchev–Trinajstić information content (AvgIpc) is 3.11. The number of rotatable bonds is 4. The second-order valence-electron chi connectivity index (χ2n) is 8.45. The van der Waals surface area contributed by atoms with E-state index in [1.807, 2.05) is 0 Å². The lowest BCUT2D eigenvalue weighted by atomic mass is 9.62. The fourth-order valence-electron chi connectivity index (χ4n) is 4.73. The van der Waals surface area contributed by atoms with E-state index in [0.29, 0.717) is 25.9 Å². The second-order valence-corrected chi connectivity index (χ2v) is 8.45. The number of carbonyl (C=O) groups is 2. The van der Waals surface area contributed by atoms with Gasteiger partial charge in [0.1, 0.15) is 6.54 Å².